The number of carbonyl (C=O) groups excluding carboxylic acids is 1. The molecule has 29 heavy (non-hydrogen) atoms. The first kappa shape index (κ1) is 19.6. The number of benzene rings is 2. The molecule has 0 atom stereocenters. The number of Topliss-reactive ketones (excluding diaryl/α,β-unsaturated/α-hetero) is 1. The quantitative estimate of drug-likeness (QED) is 0.619. The number of likely N-dealkylation sites (tertiary alicyclic amines) is 1. The fraction of sp³-hybridized carbons (Fsp3) is 0.391. The summed E-state index contributed by atoms with van der Waals surface area (Å²) in [5.74, 6) is 0.173. The van der Waals surface area contributed by atoms with Crippen LogP contribution >= 0.6 is 0 Å². The summed E-state index contributed by atoms with van der Waals surface area (Å²) in [5.41, 5.74) is 2.38. The average Bonchev–Trinajstić information content (AvgIpc) is 3.05. The molecule has 0 unspecified atom stereocenters. The smallest absolute Gasteiger partial charge is 0.306 e. The molecule has 1 aliphatic heterocycles. The van der Waals surface area contributed by atoms with Crippen molar-refractivity contribution in [1.29, 1.82) is 0 Å². The van der Waals surface area contributed by atoms with Gasteiger partial charge in [0, 0.05) is 18.5 Å². The van der Waals surface area contributed by atoms with Crippen LogP contribution in [0.25, 0.3) is 11.0 Å². The van der Waals surface area contributed by atoms with Gasteiger partial charge < -0.3 is 9.88 Å². The summed E-state index contributed by atoms with van der Waals surface area (Å²) in [6.07, 6.45) is 3.45. The third-order valence-corrected chi connectivity index (χ3v) is 5.89. The fourth-order valence-corrected chi connectivity index (χ4v) is 4.21. The van der Waals surface area contributed by atoms with Gasteiger partial charge in [-0.25, -0.2) is 9.18 Å². The Morgan fingerprint density at radius 1 is 1.03 bits per heavy atom. The van der Waals surface area contributed by atoms with E-state index in [1.165, 1.54) is 12.1 Å². The number of imidazole rings is 1. The summed E-state index contributed by atoms with van der Waals surface area (Å²) in [4.78, 5) is 29.8. The van der Waals surface area contributed by atoms with Gasteiger partial charge in [-0.15, -0.1) is 0 Å². The van der Waals surface area contributed by atoms with E-state index in [4.69, 9.17) is 0 Å². The molecule has 0 aliphatic carbocycles. The van der Waals surface area contributed by atoms with Crippen molar-refractivity contribution < 1.29 is 9.18 Å². The van der Waals surface area contributed by atoms with Crippen LogP contribution < -0.4 is 5.69 Å². The molecule has 6 heteroatoms. The van der Waals surface area contributed by atoms with E-state index >= 15 is 0 Å². The van der Waals surface area contributed by atoms with Crippen molar-refractivity contribution in [2.45, 2.75) is 32.2 Å². The van der Waals surface area contributed by atoms with Crippen molar-refractivity contribution in [3.63, 3.8) is 0 Å². The number of halogens is 1. The zero-order chi connectivity index (χ0) is 20.2. The lowest BCUT2D eigenvalue weighted by atomic mass is 9.90. The third-order valence-electron chi connectivity index (χ3n) is 5.89. The molecule has 1 fully saturated rings. The number of aromatic nitrogens is 2. The molecule has 1 saturated heterocycles. The second-order valence-electron chi connectivity index (χ2n) is 7.87. The molecule has 1 aliphatic rings. The van der Waals surface area contributed by atoms with E-state index < -0.39 is 0 Å². The zero-order valence-electron chi connectivity index (χ0n) is 16.4. The van der Waals surface area contributed by atoms with E-state index in [2.05, 4.69) is 9.88 Å². The van der Waals surface area contributed by atoms with Gasteiger partial charge in [0.25, 0.3) is 0 Å². The van der Waals surface area contributed by atoms with E-state index in [0.717, 1.165) is 49.9 Å². The molecule has 0 amide bonds. The highest BCUT2D eigenvalue weighted by molar-refractivity contribution is 5.96. The minimum atomic E-state index is -0.315. The third kappa shape index (κ3) is 4.65. The van der Waals surface area contributed by atoms with Gasteiger partial charge in [0.15, 0.2) is 5.78 Å². The predicted octanol–water partition coefficient (Wildman–Crippen LogP) is 3.84. The van der Waals surface area contributed by atoms with E-state index in [1.807, 2.05) is 28.8 Å². The molecule has 2 aromatic carbocycles. The maximum Gasteiger partial charge on any atom is 0.326 e. The van der Waals surface area contributed by atoms with Gasteiger partial charge in [0.2, 0.25) is 0 Å². The number of piperidine rings is 1. The molecule has 1 aromatic heterocycles. The van der Waals surface area contributed by atoms with E-state index in [9.17, 15) is 14.0 Å². The summed E-state index contributed by atoms with van der Waals surface area (Å²) in [7, 11) is 0. The molecule has 0 spiro atoms. The average molecular weight is 395 g/mol. The maximum atomic E-state index is 13.0. The monoisotopic (exact) mass is 395 g/mol. The van der Waals surface area contributed by atoms with Crippen LogP contribution in [0.5, 0.6) is 0 Å². The molecule has 0 bridgehead atoms. The molecule has 5 nitrogen and oxygen atoms in total. The zero-order valence-corrected chi connectivity index (χ0v) is 16.4. The van der Waals surface area contributed by atoms with Crippen molar-refractivity contribution in [3.05, 3.63) is 70.4 Å². The normalized spacial score (nSPS) is 15.8. The lowest BCUT2D eigenvalue weighted by Gasteiger charge is -2.31. The summed E-state index contributed by atoms with van der Waals surface area (Å²) in [6, 6.07) is 13.6. The molecular formula is C23H26FN3O2. The number of hydrogen-bond acceptors (Lipinski definition) is 3. The van der Waals surface area contributed by atoms with Gasteiger partial charge in [-0.2, -0.15) is 0 Å². The molecular weight excluding hydrogens is 369 g/mol. The molecule has 152 valence electrons. The number of fused-ring (bicyclic) bond motifs is 1. The van der Waals surface area contributed by atoms with Gasteiger partial charge in [0.05, 0.1) is 11.0 Å². The Kier molecular flexibility index (Phi) is 5.90. The number of ketones is 1. The van der Waals surface area contributed by atoms with Gasteiger partial charge in [-0.05, 0) is 81.2 Å². The van der Waals surface area contributed by atoms with Crippen molar-refractivity contribution in [2.75, 3.05) is 19.6 Å². The van der Waals surface area contributed by atoms with Crippen LogP contribution in [0.2, 0.25) is 0 Å². The summed E-state index contributed by atoms with van der Waals surface area (Å²) < 4.78 is 14.8. The number of aryl methyl sites for hydroxylation is 1. The van der Waals surface area contributed by atoms with Crippen LogP contribution in [0, 0.1) is 11.7 Å². The van der Waals surface area contributed by atoms with Crippen LogP contribution in [-0.2, 0) is 6.54 Å². The number of carbonyl (C=O) groups is 1. The van der Waals surface area contributed by atoms with Crippen LogP contribution in [0.1, 0.15) is 36.0 Å². The highest BCUT2D eigenvalue weighted by Gasteiger charge is 2.22. The number of hydrogen-bond donors (Lipinski definition) is 1. The van der Waals surface area contributed by atoms with Crippen molar-refractivity contribution in [2.24, 2.45) is 5.92 Å². The Bertz CT molecular complexity index is 1030. The van der Waals surface area contributed by atoms with Gasteiger partial charge in [0.1, 0.15) is 5.82 Å². The van der Waals surface area contributed by atoms with Crippen LogP contribution in [0.4, 0.5) is 4.39 Å². The standard InChI is InChI=1S/C23H26FN3O2/c24-19-8-6-18(7-9-19)22(28)16-17-10-14-26(15-11-17)12-3-13-27-21-5-2-1-4-20(21)25-23(27)29/h1-2,4-9,17H,3,10-16H2,(H,25,29). The Labute approximate surface area is 169 Å². The first-order valence-corrected chi connectivity index (χ1v) is 10.3. The largest absolute Gasteiger partial charge is 0.326 e. The molecule has 0 radical (unpaired) electrons. The molecule has 2 heterocycles. The van der Waals surface area contributed by atoms with Gasteiger partial charge >= 0.3 is 5.69 Å². The van der Waals surface area contributed by atoms with E-state index in [1.54, 1.807) is 12.1 Å². The molecule has 0 saturated carbocycles. The summed E-state index contributed by atoms with van der Waals surface area (Å²) >= 11 is 0. The van der Waals surface area contributed by atoms with E-state index in [-0.39, 0.29) is 17.3 Å². The van der Waals surface area contributed by atoms with Gasteiger partial charge in [-0.1, -0.05) is 12.1 Å². The minimum Gasteiger partial charge on any atom is -0.306 e. The van der Waals surface area contributed by atoms with Crippen LogP contribution in [0.15, 0.2) is 53.3 Å². The second kappa shape index (κ2) is 8.74. The van der Waals surface area contributed by atoms with Crippen molar-refractivity contribution >= 4 is 16.8 Å². The number of nitrogens with zero attached hydrogens (tertiary/aromatic N) is 2. The SMILES string of the molecule is O=C(CC1CCN(CCCn2c(=O)[nH]c3ccccc32)CC1)c1ccc(F)cc1. The summed E-state index contributed by atoms with van der Waals surface area (Å²) in [5, 5.41) is 0. The van der Waals surface area contributed by atoms with Crippen molar-refractivity contribution in [3.8, 4) is 0 Å². The molecule has 4 rings (SSSR count). The molecule has 3 aromatic rings. The number of para-hydroxylation sites is 2. The summed E-state index contributed by atoms with van der Waals surface area (Å²) in [6.45, 7) is 3.60. The number of aromatic amines is 1. The first-order valence-electron chi connectivity index (χ1n) is 10.3. The van der Waals surface area contributed by atoms with Crippen LogP contribution in [0.3, 0.4) is 0 Å². The second-order valence-corrected chi connectivity index (χ2v) is 7.87. The lowest BCUT2D eigenvalue weighted by molar-refractivity contribution is 0.0927. The fourth-order valence-electron chi connectivity index (χ4n) is 4.21. The first-order chi connectivity index (χ1) is 14.1. The lowest BCUT2D eigenvalue weighted by Crippen LogP contribution is -2.35. The maximum absolute atomic E-state index is 13.0. The number of H-pyrrole nitrogens is 1. The van der Waals surface area contributed by atoms with Crippen LogP contribution in [-0.4, -0.2) is 39.9 Å². The van der Waals surface area contributed by atoms with Crippen molar-refractivity contribution in [1.82, 2.24) is 14.5 Å². The minimum absolute atomic E-state index is 0.0517. The molecule has 1 N–H and O–H groups in total. The number of rotatable bonds is 7. The highest BCUT2D eigenvalue weighted by Crippen LogP contribution is 2.23. The van der Waals surface area contributed by atoms with Gasteiger partial charge in [-0.3, -0.25) is 9.36 Å². The van der Waals surface area contributed by atoms with E-state index in [0.29, 0.717) is 24.4 Å². The Balaban J connectivity index is 1.23. The highest BCUT2D eigenvalue weighted by atomic mass is 19.1. The Hall–Kier alpha value is -2.73. The Morgan fingerprint density at radius 2 is 1.76 bits per heavy atom. The predicted molar refractivity (Wildman–Crippen MR) is 112 cm³/mol. The Morgan fingerprint density at radius 3 is 2.52 bits per heavy atom. The topological polar surface area (TPSA) is 58.1 Å². The number of nitrogens with one attached hydrogen (secondary N) is 1.